The standard InChI is InChI=1S/C12H12F2O3/c13-12(14,10(15)16)11(17)7-3-5-8-4-1-2-6-9(8)11/h1-2,4,6,17H,3,5,7H2,(H,15,16). The van der Waals surface area contributed by atoms with E-state index in [0.29, 0.717) is 18.4 Å². The Morgan fingerprint density at radius 1 is 1.35 bits per heavy atom. The molecule has 92 valence electrons. The van der Waals surface area contributed by atoms with Gasteiger partial charge in [-0.3, -0.25) is 0 Å². The fraction of sp³-hybridized carbons (Fsp3) is 0.417. The highest BCUT2D eigenvalue weighted by molar-refractivity contribution is 5.77. The number of hydrogen-bond acceptors (Lipinski definition) is 2. The molecule has 1 aromatic rings. The number of benzene rings is 1. The van der Waals surface area contributed by atoms with Crippen LogP contribution in [0.15, 0.2) is 24.3 Å². The molecule has 3 nitrogen and oxygen atoms in total. The van der Waals surface area contributed by atoms with Gasteiger partial charge < -0.3 is 10.2 Å². The van der Waals surface area contributed by atoms with E-state index in [1.165, 1.54) is 12.1 Å². The second-order valence-corrected chi connectivity index (χ2v) is 4.25. The van der Waals surface area contributed by atoms with Crippen LogP contribution in [0.5, 0.6) is 0 Å². The minimum Gasteiger partial charge on any atom is -0.477 e. The first kappa shape index (κ1) is 12.0. The van der Waals surface area contributed by atoms with Crippen LogP contribution in [0.25, 0.3) is 0 Å². The Morgan fingerprint density at radius 3 is 2.65 bits per heavy atom. The third-order valence-electron chi connectivity index (χ3n) is 3.24. The van der Waals surface area contributed by atoms with Crippen molar-refractivity contribution < 1.29 is 23.8 Å². The Morgan fingerprint density at radius 2 is 2.00 bits per heavy atom. The highest BCUT2D eigenvalue weighted by atomic mass is 19.3. The Hall–Kier alpha value is -1.49. The zero-order valence-electron chi connectivity index (χ0n) is 8.99. The molecule has 0 bridgehead atoms. The Labute approximate surface area is 96.7 Å². The predicted molar refractivity (Wildman–Crippen MR) is 55.9 cm³/mol. The number of aryl methyl sites for hydroxylation is 1. The lowest BCUT2D eigenvalue weighted by Crippen LogP contribution is -2.52. The van der Waals surface area contributed by atoms with Crippen molar-refractivity contribution in [3.63, 3.8) is 0 Å². The Balaban J connectivity index is 2.57. The quantitative estimate of drug-likeness (QED) is 0.833. The lowest BCUT2D eigenvalue weighted by molar-refractivity contribution is -0.216. The van der Waals surface area contributed by atoms with E-state index in [1.807, 2.05) is 0 Å². The fourth-order valence-electron chi connectivity index (χ4n) is 2.31. The van der Waals surface area contributed by atoms with Crippen molar-refractivity contribution in [2.24, 2.45) is 0 Å². The summed E-state index contributed by atoms with van der Waals surface area (Å²) in [6.45, 7) is 0. The van der Waals surface area contributed by atoms with Gasteiger partial charge in [0.2, 0.25) is 0 Å². The van der Waals surface area contributed by atoms with E-state index < -0.39 is 17.5 Å². The number of aliphatic carboxylic acids is 1. The molecule has 1 aliphatic rings. The molecule has 2 rings (SSSR count). The van der Waals surface area contributed by atoms with Crippen molar-refractivity contribution in [1.82, 2.24) is 0 Å². The largest absolute Gasteiger partial charge is 0.477 e. The second kappa shape index (κ2) is 3.77. The molecule has 1 unspecified atom stereocenters. The van der Waals surface area contributed by atoms with Gasteiger partial charge in [-0.25, -0.2) is 4.79 Å². The van der Waals surface area contributed by atoms with E-state index >= 15 is 0 Å². The average molecular weight is 242 g/mol. The van der Waals surface area contributed by atoms with Crippen LogP contribution in [-0.2, 0) is 16.8 Å². The SMILES string of the molecule is O=C(O)C(F)(F)C1(O)CCCc2ccccc21. The summed E-state index contributed by atoms with van der Waals surface area (Å²) < 4.78 is 27.3. The minimum atomic E-state index is -4.18. The van der Waals surface area contributed by atoms with Gasteiger partial charge in [0.15, 0.2) is 5.60 Å². The molecule has 1 aromatic carbocycles. The van der Waals surface area contributed by atoms with Crippen LogP contribution >= 0.6 is 0 Å². The summed E-state index contributed by atoms with van der Waals surface area (Å²) in [6, 6.07) is 6.21. The molecule has 0 aliphatic heterocycles. The minimum absolute atomic E-state index is 0.0265. The first-order valence-electron chi connectivity index (χ1n) is 5.31. The van der Waals surface area contributed by atoms with Gasteiger partial charge in [0, 0.05) is 0 Å². The number of aliphatic hydroxyl groups is 1. The van der Waals surface area contributed by atoms with E-state index in [9.17, 15) is 18.7 Å². The van der Waals surface area contributed by atoms with Crippen molar-refractivity contribution in [1.29, 1.82) is 0 Å². The van der Waals surface area contributed by atoms with Crippen LogP contribution in [0.4, 0.5) is 8.78 Å². The monoisotopic (exact) mass is 242 g/mol. The number of rotatable bonds is 2. The molecular formula is C12H12F2O3. The van der Waals surface area contributed by atoms with E-state index in [2.05, 4.69) is 0 Å². The summed E-state index contributed by atoms with van der Waals surface area (Å²) in [4.78, 5) is 10.6. The molecule has 5 heteroatoms. The second-order valence-electron chi connectivity index (χ2n) is 4.25. The lowest BCUT2D eigenvalue weighted by atomic mass is 9.75. The number of carboxylic acid groups (broad SMARTS) is 1. The van der Waals surface area contributed by atoms with Crippen LogP contribution in [0, 0.1) is 0 Å². The van der Waals surface area contributed by atoms with Crippen molar-refractivity contribution in [3.05, 3.63) is 35.4 Å². The van der Waals surface area contributed by atoms with Crippen molar-refractivity contribution in [2.75, 3.05) is 0 Å². The maximum absolute atomic E-state index is 13.6. The molecule has 0 spiro atoms. The molecule has 1 aliphatic carbocycles. The van der Waals surface area contributed by atoms with Crippen LogP contribution in [0.1, 0.15) is 24.0 Å². The Kier molecular flexibility index (Phi) is 2.66. The lowest BCUT2D eigenvalue weighted by Gasteiger charge is -2.38. The van der Waals surface area contributed by atoms with Gasteiger partial charge >= 0.3 is 11.9 Å². The molecule has 0 heterocycles. The number of carbonyl (C=O) groups is 1. The number of alkyl halides is 2. The smallest absolute Gasteiger partial charge is 0.378 e. The van der Waals surface area contributed by atoms with Gasteiger partial charge in [0.25, 0.3) is 0 Å². The molecule has 0 saturated heterocycles. The molecule has 17 heavy (non-hydrogen) atoms. The summed E-state index contributed by atoms with van der Waals surface area (Å²) >= 11 is 0. The van der Waals surface area contributed by atoms with Gasteiger partial charge in [0.1, 0.15) is 0 Å². The molecule has 0 amide bonds. The molecule has 0 fully saturated rings. The van der Waals surface area contributed by atoms with Crippen molar-refractivity contribution >= 4 is 5.97 Å². The molecular weight excluding hydrogens is 230 g/mol. The highest BCUT2D eigenvalue weighted by Gasteiger charge is 2.60. The number of hydrogen-bond donors (Lipinski definition) is 2. The number of halogens is 2. The normalized spacial score (nSPS) is 24.2. The van der Waals surface area contributed by atoms with Crippen LogP contribution in [-0.4, -0.2) is 22.1 Å². The van der Waals surface area contributed by atoms with Crippen LogP contribution < -0.4 is 0 Å². The highest BCUT2D eigenvalue weighted by Crippen LogP contribution is 2.45. The van der Waals surface area contributed by atoms with Gasteiger partial charge in [-0.2, -0.15) is 8.78 Å². The maximum Gasteiger partial charge on any atom is 0.378 e. The van der Waals surface area contributed by atoms with Crippen molar-refractivity contribution in [3.8, 4) is 0 Å². The number of carboxylic acids is 1. The fourth-order valence-corrected chi connectivity index (χ4v) is 2.31. The zero-order chi connectivity index (χ0) is 12.7. The van der Waals surface area contributed by atoms with Crippen molar-refractivity contribution in [2.45, 2.75) is 30.8 Å². The topological polar surface area (TPSA) is 57.5 Å². The van der Waals surface area contributed by atoms with Gasteiger partial charge in [-0.15, -0.1) is 0 Å². The molecule has 0 aromatic heterocycles. The van der Waals surface area contributed by atoms with Gasteiger partial charge in [0.05, 0.1) is 0 Å². The number of fused-ring (bicyclic) bond motifs is 1. The van der Waals surface area contributed by atoms with Crippen LogP contribution in [0.3, 0.4) is 0 Å². The molecule has 0 saturated carbocycles. The van der Waals surface area contributed by atoms with E-state index in [-0.39, 0.29) is 12.0 Å². The predicted octanol–water partition coefficient (Wildman–Crippen LogP) is 1.93. The summed E-state index contributed by atoms with van der Waals surface area (Å²) in [5, 5.41) is 18.7. The van der Waals surface area contributed by atoms with E-state index in [4.69, 9.17) is 5.11 Å². The zero-order valence-corrected chi connectivity index (χ0v) is 8.99. The van der Waals surface area contributed by atoms with E-state index in [1.54, 1.807) is 12.1 Å². The van der Waals surface area contributed by atoms with Gasteiger partial charge in [-0.05, 0) is 30.4 Å². The van der Waals surface area contributed by atoms with E-state index in [0.717, 1.165) is 0 Å². The van der Waals surface area contributed by atoms with Gasteiger partial charge in [-0.1, -0.05) is 24.3 Å². The third kappa shape index (κ3) is 1.61. The summed E-state index contributed by atoms with van der Waals surface area (Å²) in [7, 11) is 0. The first-order valence-corrected chi connectivity index (χ1v) is 5.31. The third-order valence-corrected chi connectivity index (χ3v) is 3.24. The summed E-state index contributed by atoms with van der Waals surface area (Å²) in [5.74, 6) is -6.47. The maximum atomic E-state index is 13.6. The average Bonchev–Trinajstić information content (AvgIpc) is 2.29. The summed E-state index contributed by atoms with van der Waals surface area (Å²) in [5.41, 5.74) is -1.99. The molecule has 1 atom stereocenters. The molecule has 2 N–H and O–H groups in total. The van der Waals surface area contributed by atoms with Crippen LogP contribution in [0.2, 0.25) is 0 Å². The summed E-state index contributed by atoms with van der Waals surface area (Å²) in [6.07, 6.45) is 0.674. The Bertz CT molecular complexity index is 459. The molecule has 0 radical (unpaired) electrons. The first-order chi connectivity index (χ1) is 7.89.